The Bertz CT molecular complexity index is 542. The average molecular weight is 302 g/mol. The number of nitrogens with zero attached hydrogens (tertiary/aromatic N) is 2. The van der Waals surface area contributed by atoms with Gasteiger partial charge >= 0.3 is 0 Å². The van der Waals surface area contributed by atoms with E-state index < -0.39 is 0 Å². The second kappa shape index (κ2) is 6.39. The largest absolute Gasteiger partial charge is 0.391 e. The third-order valence-corrected chi connectivity index (χ3v) is 5.07. The molecule has 0 aromatic heterocycles. The number of fused-ring (bicyclic) bond motifs is 1. The van der Waals surface area contributed by atoms with Crippen molar-refractivity contribution in [1.82, 2.24) is 9.80 Å². The van der Waals surface area contributed by atoms with Crippen LogP contribution >= 0.6 is 0 Å². The lowest BCUT2D eigenvalue weighted by Crippen LogP contribution is -2.49. The first-order valence-corrected chi connectivity index (χ1v) is 8.30. The Balaban J connectivity index is 1.58. The van der Waals surface area contributed by atoms with Crippen LogP contribution in [-0.4, -0.2) is 53.1 Å². The van der Waals surface area contributed by atoms with Crippen molar-refractivity contribution in [2.45, 2.75) is 44.9 Å². The summed E-state index contributed by atoms with van der Waals surface area (Å²) in [7, 11) is 1.81. The normalized spacial score (nSPS) is 21.0. The van der Waals surface area contributed by atoms with Gasteiger partial charge in [-0.1, -0.05) is 24.3 Å². The third-order valence-electron chi connectivity index (χ3n) is 5.07. The fourth-order valence-corrected chi connectivity index (χ4v) is 3.32. The fraction of sp³-hybridized carbons (Fsp3) is 0.611. The van der Waals surface area contributed by atoms with Gasteiger partial charge in [-0.15, -0.1) is 0 Å². The van der Waals surface area contributed by atoms with Gasteiger partial charge in [0, 0.05) is 26.7 Å². The maximum atomic E-state index is 12.6. The van der Waals surface area contributed by atoms with E-state index in [1.54, 1.807) is 4.90 Å². The van der Waals surface area contributed by atoms with Crippen LogP contribution in [0.3, 0.4) is 0 Å². The van der Waals surface area contributed by atoms with Crippen molar-refractivity contribution in [3.05, 3.63) is 35.4 Å². The van der Waals surface area contributed by atoms with Gasteiger partial charge < -0.3 is 10.0 Å². The van der Waals surface area contributed by atoms with Crippen LogP contribution in [0.4, 0.5) is 0 Å². The molecule has 0 spiro atoms. The van der Waals surface area contributed by atoms with Gasteiger partial charge in [-0.25, -0.2) is 0 Å². The summed E-state index contributed by atoms with van der Waals surface area (Å²) in [6.07, 6.45) is 2.84. The van der Waals surface area contributed by atoms with Gasteiger partial charge in [-0.05, 0) is 43.2 Å². The van der Waals surface area contributed by atoms with Crippen molar-refractivity contribution < 1.29 is 9.90 Å². The monoisotopic (exact) mass is 302 g/mol. The maximum Gasteiger partial charge on any atom is 0.239 e. The summed E-state index contributed by atoms with van der Waals surface area (Å²) in [4.78, 5) is 16.5. The molecule has 0 saturated heterocycles. The molecule has 1 aromatic carbocycles. The molecule has 1 aliphatic carbocycles. The molecule has 22 heavy (non-hydrogen) atoms. The van der Waals surface area contributed by atoms with Gasteiger partial charge in [0.2, 0.25) is 5.91 Å². The quantitative estimate of drug-likeness (QED) is 0.900. The SMILES string of the molecule is CC(C(=O)N(C)CC(O)C1CC1)N1CCc2ccccc2C1. The molecule has 1 N–H and O–H groups in total. The minimum atomic E-state index is -0.358. The predicted octanol–water partition coefficient (Wildman–Crippen LogP) is 1.66. The zero-order chi connectivity index (χ0) is 15.7. The number of hydrogen-bond acceptors (Lipinski definition) is 3. The molecule has 120 valence electrons. The number of likely N-dealkylation sites (N-methyl/N-ethyl adjacent to an activating group) is 1. The molecule has 1 aromatic rings. The summed E-state index contributed by atoms with van der Waals surface area (Å²) >= 11 is 0. The summed E-state index contributed by atoms with van der Waals surface area (Å²) in [6, 6.07) is 8.34. The molecule has 1 saturated carbocycles. The first-order chi connectivity index (χ1) is 10.6. The highest BCUT2D eigenvalue weighted by atomic mass is 16.3. The average Bonchev–Trinajstić information content (AvgIpc) is 3.37. The molecule has 2 aliphatic rings. The van der Waals surface area contributed by atoms with Gasteiger partial charge in [0.05, 0.1) is 12.1 Å². The molecular weight excluding hydrogens is 276 g/mol. The number of carbonyl (C=O) groups excluding carboxylic acids is 1. The number of rotatable bonds is 5. The molecular formula is C18H26N2O2. The summed E-state index contributed by atoms with van der Waals surface area (Å²) in [6.45, 7) is 4.19. The standard InChI is InChI=1S/C18H26N2O2/c1-13(18(22)19(2)12-17(21)15-7-8-15)20-10-9-14-5-3-4-6-16(14)11-20/h3-6,13,15,17,21H,7-12H2,1-2H3. The van der Waals surface area contributed by atoms with Crippen molar-refractivity contribution in [3.63, 3.8) is 0 Å². The molecule has 0 bridgehead atoms. The van der Waals surface area contributed by atoms with Crippen LogP contribution in [-0.2, 0) is 17.8 Å². The number of aliphatic hydroxyl groups is 1. The van der Waals surface area contributed by atoms with Crippen molar-refractivity contribution in [2.24, 2.45) is 5.92 Å². The fourth-order valence-electron chi connectivity index (χ4n) is 3.32. The highest BCUT2D eigenvalue weighted by Gasteiger charge is 2.33. The van der Waals surface area contributed by atoms with Crippen molar-refractivity contribution in [1.29, 1.82) is 0 Å². The Kier molecular flexibility index (Phi) is 4.50. The molecule has 4 heteroatoms. The minimum absolute atomic E-state index is 0.110. The predicted molar refractivity (Wildman–Crippen MR) is 86.4 cm³/mol. The van der Waals surface area contributed by atoms with Crippen molar-refractivity contribution in [3.8, 4) is 0 Å². The molecule has 2 atom stereocenters. The van der Waals surface area contributed by atoms with E-state index in [1.165, 1.54) is 11.1 Å². The van der Waals surface area contributed by atoms with E-state index in [4.69, 9.17) is 0 Å². The summed E-state index contributed by atoms with van der Waals surface area (Å²) < 4.78 is 0. The Morgan fingerprint density at radius 3 is 2.73 bits per heavy atom. The highest BCUT2D eigenvalue weighted by molar-refractivity contribution is 5.81. The summed E-state index contributed by atoms with van der Waals surface area (Å²) in [5.41, 5.74) is 2.73. The van der Waals surface area contributed by atoms with Crippen LogP contribution in [0.1, 0.15) is 30.9 Å². The first kappa shape index (κ1) is 15.5. The van der Waals surface area contributed by atoms with Gasteiger partial charge in [0.25, 0.3) is 0 Å². The number of amides is 1. The minimum Gasteiger partial charge on any atom is -0.391 e. The van der Waals surface area contributed by atoms with E-state index >= 15 is 0 Å². The molecule has 3 rings (SSSR count). The lowest BCUT2D eigenvalue weighted by atomic mass is 9.98. The summed E-state index contributed by atoms with van der Waals surface area (Å²) in [5.74, 6) is 0.520. The van der Waals surface area contributed by atoms with Crippen LogP contribution in [0.25, 0.3) is 0 Å². The number of aliphatic hydroxyl groups excluding tert-OH is 1. The topological polar surface area (TPSA) is 43.8 Å². The molecule has 1 amide bonds. The third kappa shape index (κ3) is 3.33. The van der Waals surface area contributed by atoms with Crippen molar-refractivity contribution >= 4 is 5.91 Å². The van der Waals surface area contributed by atoms with E-state index in [-0.39, 0.29) is 18.1 Å². The van der Waals surface area contributed by atoms with Crippen LogP contribution < -0.4 is 0 Å². The number of carbonyl (C=O) groups is 1. The molecule has 2 unspecified atom stereocenters. The smallest absolute Gasteiger partial charge is 0.239 e. The van der Waals surface area contributed by atoms with E-state index in [2.05, 4.69) is 29.2 Å². The molecule has 1 fully saturated rings. The van der Waals surface area contributed by atoms with Gasteiger partial charge in [-0.3, -0.25) is 9.69 Å². The van der Waals surface area contributed by atoms with Gasteiger partial charge in [0.1, 0.15) is 0 Å². The highest BCUT2D eigenvalue weighted by Crippen LogP contribution is 2.32. The first-order valence-electron chi connectivity index (χ1n) is 8.30. The second-order valence-electron chi connectivity index (χ2n) is 6.79. The Morgan fingerprint density at radius 2 is 2.05 bits per heavy atom. The van der Waals surface area contributed by atoms with E-state index in [9.17, 15) is 9.90 Å². The Hall–Kier alpha value is -1.39. The summed E-state index contributed by atoms with van der Waals surface area (Å²) in [5, 5.41) is 10.0. The van der Waals surface area contributed by atoms with Crippen LogP contribution in [0, 0.1) is 5.92 Å². The van der Waals surface area contributed by atoms with Gasteiger partial charge in [0.15, 0.2) is 0 Å². The Morgan fingerprint density at radius 1 is 1.36 bits per heavy atom. The lowest BCUT2D eigenvalue weighted by Gasteiger charge is -2.35. The molecule has 1 heterocycles. The molecule has 1 aliphatic heterocycles. The van der Waals surface area contributed by atoms with E-state index in [1.807, 2.05) is 14.0 Å². The van der Waals surface area contributed by atoms with Crippen molar-refractivity contribution in [2.75, 3.05) is 20.1 Å². The zero-order valence-electron chi connectivity index (χ0n) is 13.5. The van der Waals surface area contributed by atoms with E-state index in [0.29, 0.717) is 12.5 Å². The van der Waals surface area contributed by atoms with E-state index in [0.717, 1.165) is 32.4 Å². The van der Waals surface area contributed by atoms with Gasteiger partial charge in [-0.2, -0.15) is 0 Å². The molecule has 0 radical (unpaired) electrons. The molecule has 4 nitrogen and oxygen atoms in total. The zero-order valence-corrected chi connectivity index (χ0v) is 13.5. The van der Waals surface area contributed by atoms with Crippen LogP contribution in [0.2, 0.25) is 0 Å². The van der Waals surface area contributed by atoms with Crippen LogP contribution in [0.5, 0.6) is 0 Å². The second-order valence-corrected chi connectivity index (χ2v) is 6.79. The number of hydrogen-bond donors (Lipinski definition) is 1. The Labute approximate surface area is 132 Å². The lowest BCUT2D eigenvalue weighted by molar-refractivity contribution is -0.136. The number of benzene rings is 1. The van der Waals surface area contributed by atoms with Crippen LogP contribution in [0.15, 0.2) is 24.3 Å². The maximum absolute atomic E-state index is 12.6.